The lowest BCUT2D eigenvalue weighted by atomic mass is 10.2. The first-order valence-electron chi connectivity index (χ1n) is 5.49. The first-order valence-corrected chi connectivity index (χ1v) is 5.83. The van der Waals surface area contributed by atoms with Crippen LogP contribution >= 0.6 is 11.8 Å². The molecule has 0 saturated heterocycles. The molecule has 0 amide bonds. The highest BCUT2D eigenvalue weighted by Gasteiger charge is 2.03. The average molecular weight is 261 g/mol. The summed E-state index contributed by atoms with van der Waals surface area (Å²) in [5.41, 5.74) is 1.84. The minimum atomic E-state index is 0.613. The maximum Gasteiger partial charge on any atom is 0.152 e. The number of nitrogens with one attached hydrogen (secondary N) is 1. The fourth-order valence-electron chi connectivity index (χ4n) is 1.55. The van der Waals surface area contributed by atoms with Gasteiger partial charge in [-0.3, -0.25) is 0 Å². The van der Waals surface area contributed by atoms with Crippen molar-refractivity contribution in [3.05, 3.63) is 60.2 Å². The van der Waals surface area contributed by atoms with E-state index < -0.39 is 0 Å². The van der Waals surface area contributed by atoms with Gasteiger partial charge in [0.25, 0.3) is 0 Å². The van der Waals surface area contributed by atoms with E-state index in [-0.39, 0.29) is 0 Å². The van der Waals surface area contributed by atoms with Gasteiger partial charge in [0.05, 0.1) is 7.11 Å². The van der Waals surface area contributed by atoms with Crippen LogP contribution in [-0.2, 0) is 0 Å². The van der Waals surface area contributed by atoms with Crippen LogP contribution in [-0.4, -0.2) is 12.9 Å². The third kappa shape index (κ3) is 3.02. The van der Waals surface area contributed by atoms with Gasteiger partial charge in [0.15, 0.2) is 5.84 Å². The molecular weight excluding hydrogens is 248 g/mol. The molecule has 0 aliphatic carbocycles. The van der Waals surface area contributed by atoms with Gasteiger partial charge < -0.3 is 10.1 Å². The Hall–Kier alpha value is -2.00. The number of hydrogen-bond acceptors (Lipinski definition) is 2. The average Bonchev–Trinajstić information content (AvgIpc) is 2.46. The molecule has 92 valence electrons. The van der Waals surface area contributed by atoms with E-state index in [1.165, 1.54) is 0 Å². The van der Waals surface area contributed by atoms with E-state index in [4.69, 9.17) is 16.5 Å². The summed E-state index contributed by atoms with van der Waals surface area (Å²) < 4.78 is 8.84. The topological polar surface area (TPSA) is 33.6 Å². The summed E-state index contributed by atoms with van der Waals surface area (Å²) in [6.07, 6.45) is 0. The van der Waals surface area contributed by atoms with Gasteiger partial charge in [0, 0.05) is 23.0 Å². The van der Waals surface area contributed by atoms with Crippen LogP contribution in [0.15, 0.2) is 59.1 Å². The predicted octanol–water partition coefficient (Wildman–Crippen LogP) is 3.71. The minimum Gasteiger partial charge on any atom is -0.497 e. The lowest BCUT2D eigenvalue weighted by Crippen LogP contribution is -2.12. The highest BCUT2D eigenvalue weighted by molar-refractivity contribution is 6.24. The number of anilines is 1. The van der Waals surface area contributed by atoms with Crippen LogP contribution in [0.3, 0.4) is 0 Å². The molecule has 0 atom stereocenters. The molecule has 0 saturated carbocycles. The highest BCUT2D eigenvalue weighted by atomic mass is 35.5. The van der Waals surface area contributed by atoms with Crippen molar-refractivity contribution in [1.82, 2.24) is 0 Å². The second-order valence-corrected chi connectivity index (χ2v) is 3.82. The number of rotatable bonds is 3. The first-order chi connectivity index (χ1) is 8.83. The van der Waals surface area contributed by atoms with Crippen LogP contribution in [0.4, 0.5) is 5.69 Å². The molecule has 0 heterocycles. The number of amidine groups is 1. The monoisotopic (exact) mass is 260 g/mol. The Balaban J connectivity index is 2.16. The van der Waals surface area contributed by atoms with Gasteiger partial charge in [0.2, 0.25) is 0 Å². The molecule has 3 nitrogen and oxygen atoms in total. The molecule has 0 spiro atoms. The summed E-state index contributed by atoms with van der Waals surface area (Å²) in [4.78, 5) is 0. The van der Waals surface area contributed by atoms with Gasteiger partial charge >= 0.3 is 0 Å². The molecule has 0 aromatic heterocycles. The SMILES string of the molecule is COc1ccc(N/C(=N/Cl)c2ccccc2)cc1. The van der Waals surface area contributed by atoms with Crippen LogP contribution in [0.1, 0.15) is 5.56 Å². The number of hydrogen-bond donors (Lipinski definition) is 1. The normalized spacial score (nSPS) is 11.1. The van der Waals surface area contributed by atoms with Crippen molar-refractivity contribution < 1.29 is 4.74 Å². The number of halogens is 1. The molecular formula is C14H13ClN2O. The predicted molar refractivity (Wildman–Crippen MR) is 75.4 cm³/mol. The third-order valence-electron chi connectivity index (χ3n) is 2.48. The summed E-state index contributed by atoms with van der Waals surface area (Å²) >= 11 is 5.61. The number of methoxy groups -OCH3 is 1. The summed E-state index contributed by atoms with van der Waals surface area (Å²) in [7, 11) is 1.64. The smallest absolute Gasteiger partial charge is 0.152 e. The van der Waals surface area contributed by atoms with Gasteiger partial charge in [-0.05, 0) is 24.3 Å². The largest absolute Gasteiger partial charge is 0.497 e. The van der Waals surface area contributed by atoms with Gasteiger partial charge in [-0.2, -0.15) is 4.51 Å². The van der Waals surface area contributed by atoms with Gasteiger partial charge in [-0.15, -0.1) is 0 Å². The quantitative estimate of drug-likeness (QED) is 0.674. The maximum atomic E-state index is 5.61. The molecule has 2 aromatic rings. The second kappa shape index (κ2) is 6.07. The van der Waals surface area contributed by atoms with Crippen LogP contribution < -0.4 is 10.1 Å². The number of nitrogens with zero attached hydrogens (tertiary/aromatic N) is 1. The number of benzene rings is 2. The third-order valence-corrected chi connectivity index (χ3v) is 2.65. The highest BCUT2D eigenvalue weighted by Crippen LogP contribution is 2.16. The molecule has 0 aliphatic heterocycles. The molecule has 4 heteroatoms. The van der Waals surface area contributed by atoms with E-state index in [0.717, 1.165) is 17.0 Å². The van der Waals surface area contributed by atoms with E-state index in [2.05, 4.69) is 9.83 Å². The van der Waals surface area contributed by atoms with Crippen molar-refractivity contribution >= 4 is 23.3 Å². The molecule has 18 heavy (non-hydrogen) atoms. The van der Waals surface area contributed by atoms with Crippen molar-refractivity contribution in [3.63, 3.8) is 0 Å². The summed E-state index contributed by atoms with van der Waals surface area (Å²) in [6.45, 7) is 0. The Morgan fingerprint density at radius 1 is 1.06 bits per heavy atom. The number of ether oxygens (including phenoxy) is 1. The van der Waals surface area contributed by atoms with E-state index in [0.29, 0.717) is 5.84 Å². The molecule has 0 aliphatic rings. The van der Waals surface area contributed by atoms with Crippen molar-refractivity contribution in [2.75, 3.05) is 12.4 Å². The summed E-state index contributed by atoms with van der Waals surface area (Å²) in [6, 6.07) is 17.3. The Kier molecular flexibility index (Phi) is 4.20. The minimum absolute atomic E-state index is 0.613. The molecule has 0 fully saturated rings. The Labute approximate surface area is 111 Å². The van der Waals surface area contributed by atoms with E-state index >= 15 is 0 Å². The van der Waals surface area contributed by atoms with Gasteiger partial charge in [-0.25, -0.2) is 0 Å². The van der Waals surface area contributed by atoms with Gasteiger partial charge in [-0.1, -0.05) is 30.3 Å². The molecule has 1 N–H and O–H groups in total. The first kappa shape index (κ1) is 12.5. The lowest BCUT2D eigenvalue weighted by molar-refractivity contribution is 0.415. The second-order valence-electron chi connectivity index (χ2n) is 3.65. The fourth-order valence-corrected chi connectivity index (χ4v) is 1.69. The van der Waals surface area contributed by atoms with E-state index in [1.807, 2.05) is 54.6 Å². The summed E-state index contributed by atoms with van der Waals surface area (Å²) in [5, 5.41) is 3.16. The van der Waals surface area contributed by atoms with Crippen molar-refractivity contribution in [3.8, 4) is 5.75 Å². The Morgan fingerprint density at radius 3 is 2.28 bits per heavy atom. The van der Waals surface area contributed by atoms with E-state index in [1.54, 1.807) is 7.11 Å². The Bertz CT molecular complexity index is 523. The van der Waals surface area contributed by atoms with Crippen LogP contribution in [0.5, 0.6) is 5.75 Å². The van der Waals surface area contributed by atoms with Crippen molar-refractivity contribution in [1.29, 1.82) is 0 Å². The lowest BCUT2D eigenvalue weighted by Gasteiger charge is -2.09. The molecule has 0 radical (unpaired) electrons. The molecule has 0 unspecified atom stereocenters. The Morgan fingerprint density at radius 2 is 1.72 bits per heavy atom. The van der Waals surface area contributed by atoms with Gasteiger partial charge in [0.1, 0.15) is 5.75 Å². The van der Waals surface area contributed by atoms with Crippen molar-refractivity contribution in [2.24, 2.45) is 4.51 Å². The fraction of sp³-hybridized carbons (Fsp3) is 0.0714. The zero-order valence-corrected chi connectivity index (χ0v) is 10.7. The summed E-state index contributed by atoms with van der Waals surface area (Å²) in [5.74, 6) is 1.42. The van der Waals surface area contributed by atoms with Crippen LogP contribution in [0.25, 0.3) is 0 Å². The van der Waals surface area contributed by atoms with Crippen molar-refractivity contribution in [2.45, 2.75) is 0 Å². The van der Waals surface area contributed by atoms with Crippen LogP contribution in [0, 0.1) is 0 Å². The maximum absolute atomic E-state index is 5.61. The molecule has 2 aromatic carbocycles. The van der Waals surface area contributed by atoms with E-state index in [9.17, 15) is 0 Å². The van der Waals surface area contributed by atoms with Crippen LogP contribution in [0.2, 0.25) is 0 Å². The zero-order valence-electron chi connectivity index (χ0n) is 9.93. The molecule has 2 rings (SSSR count). The zero-order chi connectivity index (χ0) is 12.8. The standard InChI is InChI=1S/C14H13ClN2O/c1-18-13-9-7-12(8-10-13)16-14(17-15)11-5-3-2-4-6-11/h2-10H,1H3,(H,16,17). The molecule has 0 bridgehead atoms.